The smallest absolute Gasteiger partial charge is 0.243 e. The topological polar surface area (TPSA) is 57.7 Å². The van der Waals surface area contributed by atoms with Crippen LogP contribution in [0.2, 0.25) is 5.02 Å². The molecule has 0 N–H and O–H groups in total. The first kappa shape index (κ1) is 21.3. The van der Waals surface area contributed by atoms with Crippen molar-refractivity contribution in [3.05, 3.63) is 64.9 Å². The van der Waals surface area contributed by atoms with Gasteiger partial charge < -0.3 is 4.90 Å². The summed E-state index contributed by atoms with van der Waals surface area (Å²) in [5.74, 6) is -0.723. The highest BCUT2D eigenvalue weighted by Crippen LogP contribution is 2.35. The molecule has 1 atom stereocenters. The maximum Gasteiger partial charge on any atom is 0.243 e. The Morgan fingerprint density at radius 3 is 2.37 bits per heavy atom. The summed E-state index contributed by atoms with van der Waals surface area (Å²) in [6.07, 6.45) is 2.88. The van der Waals surface area contributed by atoms with Gasteiger partial charge in [-0.3, -0.25) is 4.79 Å². The first-order valence-corrected chi connectivity index (χ1v) is 12.0. The number of sulfonamides is 1. The molecule has 1 amide bonds. The molecule has 2 aromatic rings. The molecular weight excluding hydrogens is 427 g/mol. The van der Waals surface area contributed by atoms with Crippen molar-refractivity contribution in [3.8, 4) is 0 Å². The highest BCUT2D eigenvalue weighted by atomic mass is 35.5. The third kappa shape index (κ3) is 4.11. The summed E-state index contributed by atoms with van der Waals surface area (Å²) in [5, 5.41) is -0.220. The minimum atomic E-state index is -3.77. The fourth-order valence-electron chi connectivity index (χ4n) is 4.42. The zero-order chi connectivity index (χ0) is 21.3. The van der Waals surface area contributed by atoms with E-state index in [4.69, 9.17) is 11.6 Å². The van der Waals surface area contributed by atoms with Crippen molar-refractivity contribution in [2.24, 2.45) is 5.92 Å². The van der Waals surface area contributed by atoms with Crippen molar-refractivity contribution in [1.82, 2.24) is 9.21 Å². The van der Waals surface area contributed by atoms with Crippen molar-refractivity contribution in [3.63, 3.8) is 0 Å². The molecule has 0 aromatic heterocycles. The van der Waals surface area contributed by atoms with Crippen LogP contribution in [-0.4, -0.2) is 43.2 Å². The molecule has 2 aliphatic heterocycles. The van der Waals surface area contributed by atoms with Gasteiger partial charge in [-0.05, 0) is 49.4 Å². The van der Waals surface area contributed by atoms with E-state index in [-0.39, 0.29) is 40.9 Å². The predicted molar refractivity (Wildman–Crippen MR) is 113 cm³/mol. The number of hydrogen-bond acceptors (Lipinski definition) is 3. The third-order valence-corrected chi connectivity index (χ3v) is 8.24. The molecule has 2 saturated heterocycles. The number of benzene rings is 2. The molecule has 160 valence electrons. The normalized spacial score (nSPS) is 21.1. The van der Waals surface area contributed by atoms with Crippen molar-refractivity contribution in [2.45, 2.75) is 36.6 Å². The van der Waals surface area contributed by atoms with Gasteiger partial charge >= 0.3 is 0 Å². The summed E-state index contributed by atoms with van der Waals surface area (Å²) < 4.78 is 40.5. The molecule has 30 heavy (non-hydrogen) atoms. The van der Waals surface area contributed by atoms with Gasteiger partial charge in [0.05, 0.1) is 16.0 Å². The first-order valence-electron chi connectivity index (χ1n) is 10.2. The second-order valence-corrected chi connectivity index (χ2v) is 10.2. The van der Waals surface area contributed by atoms with E-state index < -0.39 is 15.8 Å². The van der Waals surface area contributed by atoms with Crippen molar-refractivity contribution in [1.29, 1.82) is 0 Å². The second kappa shape index (κ2) is 8.65. The maximum atomic E-state index is 13.4. The zero-order valence-electron chi connectivity index (χ0n) is 16.5. The van der Waals surface area contributed by atoms with Gasteiger partial charge in [0.15, 0.2) is 0 Å². The van der Waals surface area contributed by atoms with E-state index in [0.717, 1.165) is 37.1 Å². The standard InChI is InChI=1S/C22H24ClFN2O3S/c23-19-15-18(8-9-20(19)24)30(28,29)25-13-10-17(11-14-25)22(27)26-12-4-7-21(26)16-5-2-1-3-6-16/h1-3,5-6,8-9,15,17,21H,4,7,10-14H2. The molecule has 0 radical (unpaired) electrons. The minimum Gasteiger partial charge on any atom is -0.335 e. The highest BCUT2D eigenvalue weighted by Gasteiger charge is 2.37. The maximum absolute atomic E-state index is 13.4. The van der Waals surface area contributed by atoms with Gasteiger partial charge in [-0.25, -0.2) is 12.8 Å². The van der Waals surface area contributed by atoms with E-state index in [1.165, 1.54) is 10.4 Å². The summed E-state index contributed by atoms with van der Waals surface area (Å²) in [6, 6.07) is 13.6. The van der Waals surface area contributed by atoms with Crippen LogP contribution in [0.1, 0.15) is 37.3 Å². The quantitative estimate of drug-likeness (QED) is 0.699. The number of carbonyl (C=O) groups excluding carboxylic acids is 1. The summed E-state index contributed by atoms with van der Waals surface area (Å²) in [4.78, 5) is 15.1. The van der Waals surface area contributed by atoms with Crippen molar-refractivity contribution >= 4 is 27.5 Å². The van der Waals surface area contributed by atoms with Crippen molar-refractivity contribution in [2.75, 3.05) is 19.6 Å². The predicted octanol–water partition coefficient (Wildman–Crippen LogP) is 4.24. The Kier molecular flexibility index (Phi) is 6.14. The van der Waals surface area contributed by atoms with Crippen LogP contribution in [0.25, 0.3) is 0 Å². The van der Waals surface area contributed by atoms with Crippen LogP contribution in [0.3, 0.4) is 0 Å². The summed E-state index contributed by atoms with van der Waals surface area (Å²) in [6.45, 7) is 1.26. The van der Waals surface area contributed by atoms with Crippen LogP contribution in [-0.2, 0) is 14.8 Å². The number of halogens is 2. The van der Waals surface area contributed by atoms with E-state index in [2.05, 4.69) is 12.1 Å². The SMILES string of the molecule is O=C(C1CCN(S(=O)(=O)c2ccc(F)c(Cl)c2)CC1)N1CCCC1c1ccccc1. The lowest BCUT2D eigenvalue weighted by atomic mass is 9.95. The van der Waals surface area contributed by atoms with Gasteiger partial charge in [0, 0.05) is 25.6 Å². The Bertz CT molecular complexity index is 1020. The number of likely N-dealkylation sites (tertiary alicyclic amines) is 1. The molecule has 2 heterocycles. The van der Waals surface area contributed by atoms with E-state index in [1.54, 1.807) is 0 Å². The van der Waals surface area contributed by atoms with Gasteiger partial charge in [-0.15, -0.1) is 0 Å². The first-order chi connectivity index (χ1) is 14.4. The van der Waals surface area contributed by atoms with Gasteiger partial charge in [-0.2, -0.15) is 4.31 Å². The molecule has 0 aliphatic carbocycles. The summed E-state index contributed by atoms with van der Waals surface area (Å²) in [7, 11) is -3.77. The average Bonchev–Trinajstić information content (AvgIpc) is 3.25. The van der Waals surface area contributed by atoms with Gasteiger partial charge in [-0.1, -0.05) is 41.9 Å². The van der Waals surface area contributed by atoms with E-state index in [0.29, 0.717) is 12.8 Å². The lowest BCUT2D eigenvalue weighted by Gasteiger charge is -2.34. The molecule has 0 saturated carbocycles. The molecule has 2 fully saturated rings. The third-order valence-electron chi connectivity index (χ3n) is 6.05. The molecule has 5 nitrogen and oxygen atoms in total. The Hall–Kier alpha value is -1.96. The van der Waals surface area contributed by atoms with Crippen molar-refractivity contribution < 1.29 is 17.6 Å². The fourth-order valence-corrected chi connectivity index (χ4v) is 6.16. The highest BCUT2D eigenvalue weighted by molar-refractivity contribution is 7.89. The number of rotatable bonds is 4. The molecule has 0 spiro atoms. The number of carbonyl (C=O) groups is 1. The summed E-state index contributed by atoms with van der Waals surface area (Å²) >= 11 is 5.75. The molecule has 8 heteroatoms. The van der Waals surface area contributed by atoms with Crippen LogP contribution in [0.15, 0.2) is 53.4 Å². The largest absolute Gasteiger partial charge is 0.335 e. The fraction of sp³-hybridized carbons (Fsp3) is 0.409. The lowest BCUT2D eigenvalue weighted by molar-refractivity contribution is -0.137. The number of hydrogen-bond donors (Lipinski definition) is 0. The van der Waals surface area contributed by atoms with E-state index >= 15 is 0 Å². The Labute approximate surface area is 181 Å². The average molecular weight is 451 g/mol. The van der Waals surface area contributed by atoms with Gasteiger partial charge in [0.1, 0.15) is 5.82 Å². The molecule has 0 bridgehead atoms. The summed E-state index contributed by atoms with van der Waals surface area (Å²) in [5.41, 5.74) is 1.15. The Morgan fingerprint density at radius 2 is 1.70 bits per heavy atom. The van der Waals surface area contributed by atoms with E-state index in [9.17, 15) is 17.6 Å². The molecule has 2 aliphatic rings. The zero-order valence-corrected chi connectivity index (χ0v) is 18.1. The van der Waals surface area contributed by atoms with Crippen LogP contribution in [0, 0.1) is 11.7 Å². The Morgan fingerprint density at radius 1 is 1.00 bits per heavy atom. The number of nitrogens with zero attached hydrogens (tertiary/aromatic N) is 2. The number of amides is 1. The molecule has 2 aromatic carbocycles. The van der Waals surface area contributed by atoms with Crippen LogP contribution < -0.4 is 0 Å². The Balaban J connectivity index is 1.42. The molecule has 1 unspecified atom stereocenters. The molecule has 4 rings (SSSR count). The van der Waals surface area contributed by atoms with Crippen LogP contribution in [0.5, 0.6) is 0 Å². The minimum absolute atomic E-state index is 0.0256. The number of piperidine rings is 1. The van der Waals surface area contributed by atoms with Gasteiger partial charge in [0.2, 0.25) is 15.9 Å². The second-order valence-electron chi connectivity index (χ2n) is 7.85. The monoisotopic (exact) mass is 450 g/mol. The van der Waals surface area contributed by atoms with Gasteiger partial charge in [0.25, 0.3) is 0 Å². The van der Waals surface area contributed by atoms with E-state index in [1.807, 2.05) is 23.1 Å². The van der Waals surface area contributed by atoms with Crippen LogP contribution in [0.4, 0.5) is 4.39 Å². The van der Waals surface area contributed by atoms with Crippen LogP contribution >= 0.6 is 11.6 Å². The molecular formula is C22H24ClFN2O3S. The lowest BCUT2D eigenvalue weighted by Crippen LogP contribution is -2.44.